The minimum absolute atomic E-state index is 0.673. The first-order chi connectivity index (χ1) is 8.27. The molecule has 0 amide bonds. The molecule has 2 heterocycles. The van der Waals surface area contributed by atoms with Crippen LogP contribution in [-0.2, 0) is 4.74 Å². The summed E-state index contributed by atoms with van der Waals surface area (Å²) >= 11 is 0. The van der Waals surface area contributed by atoms with Crippen molar-refractivity contribution >= 4 is 0 Å². The van der Waals surface area contributed by atoms with Crippen LogP contribution in [0.1, 0.15) is 32.6 Å². The molecule has 0 radical (unpaired) electrons. The monoisotopic (exact) mass is 240 g/mol. The summed E-state index contributed by atoms with van der Waals surface area (Å²) < 4.78 is 5.45. The van der Waals surface area contributed by atoms with Gasteiger partial charge in [-0.1, -0.05) is 6.92 Å². The highest BCUT2D eigenvalue weighted by molar-refractivity contribution is 4.77. The van der Waals surface area contributed by atoms with Gasteiger partial charge in [-0.2, -0.15) is 0 Å². The van der Waals surface area contributed by atoms with Gasteiger partial charge in [-0.25, -0.2) is 0 Å². The summed E-state index contributed by atoms with van der Waals surface area (Å²) in [6.45, 7) is 8.01. The molecule has 100 valence electrons. The summed E-state index contributed by atoms with van der Waals surface area (Å²) in [5.41, 5.74) is 0. The van der Waals surface area contributed by atoms with Gasteiger partial charge >= 0.3 is 0 Å². The van der Waals surface area contributed by atoms with E-state index in [1.54, 1.807) is 0 Å². The highest BCUT2D eigenvalue weighted by atomic mass is 16.5. The predicted molar refractivity (Wildman–Crippen MR) is 71.2 cm³/mol. The smallest absolute Gasteiger partial charge is 0.0622 e. The molecule has 2 saturated heterocycles. The molecule has 3 heteroatoms. The van der Waals surface area contributed by atoms with Gasteiger partial charge in [0.05, 0.1) is 6.61 Å². The van der Waals surface area contributed by atoms with Gasteiger partial charge in [0.2, 0.25) is 0 Å². The quantitative estimate of drug-likeness (QED) is 0.792. The Morgan fingerprint density at radius 3 is 2.94 bits per heavy atom. The molecule has 0 spiro atoms. The van der Waals surface area contributed by atoms with Crippen LogP contribution in [0.4, 0.5) is 0 Å². The summed E-state index contributed by atoms with van der Waals surface area (Å²) in [7, 11) is 2.26. The van der Waals surface area contributed by atoms with Crippen LogP contribution >= 0.6 is 0 Å². The Balaban J connectivity index is 1.65. The van der Waals surface area contributed by atoms with Gasteiger partial charge in [0.25, 0.3) is 0 Å². The topological polar surface area (TPSA) is 24.5 Å². The van der Waals surface area contributed by atoms with E-state index >= 15 is 0 Å². The average molecular weight is 240 g/mol. The molecular weight excluding hydrogens is 212 g/mol. The normalized spacial score (nSPS) is 31.9. The maximum atomic E-state index is 5.45. The molecular formula is C14H28N2O. The fraction of sp³-hybridized carbons (Fsp3) is 1.00. The zero-order valence-corrected chi connectivity index (χ0v) is 11.5. The lowest BCUT2D eigenvalue weighted by Crippen LogP contribution is -2.36. The minimum Gasteiger partial charge on any atom is -0.380 e. The molecule has 0 aromatic carbocycles. The zero-order chi connectivity index (χ0) is 12.1. The van der Waals surface area contributed by atoms with Crippen LogP contribution in [0, 0.1) is 11.8 Å². The Morgan fingerprint density at radius 1 is 1.41 bits per heavy atom. The van der Waals surface area contributed by atoms with Crippen LogP contribution in [-0.4, -0.2) is 50.8 Å². The Morgan fingerprint density at radius 2 is 2.29 bits per heavy atom. The SMILES string of the molecule is CC(CCN(C)C1CCOC1)C1CCCNC1. The number of hydrogen-bond donors (Lipinski definition) is 1. The molecule has 3 nitrogen and oxygen atoms in total. The summed E-state index contributed by atoms with van der Waals surface area (Å²) in [5, 5.41) is 3.52. The Hall–Kier alpha value is -0.120. The highest BCUT2D eigenvalue weighted by Gasteiger charge is 2.23. The van der Waals surface area contributed by atoms with Gasteiger partial charge in [0.1, 0.15) is 0 Å². The van der Waals surface area contributed by atoms with Crippen molar-refractivity contribution in [3.05, 3.63) is 0 Å². The van der Waals surface area contributed by atoms with E-state index in [0.29, 0.717) is 6.04 Å². The predicted octanol–water partition coefficient (Wildman–Crippen LogP) is 1.73. The average Bonchev–Trinajstić information content (AvgIpc) is 2.90. The molecule has 3 atom stereocenters. The van der Waals surface area contributed by atoms with E-state index in [9.17, 15) is 0 Å². The van der Waals surface area contributed by atoms with Crippen LogP contribution in [0.25, 0.3) is 0 Å². The van der Waals surface area contributed by atoms with Crippen molar-refractivity contribution in [2.75, 3.05) is 39.9 Å². The number of nitrogens with one attached hydrogen (secondary N) is 1. The largest absolute Gasteiger partial charge is 0.380 e. The van der Waals surface area contributed by atoms with Gasteiger partial charge in [0.15, 0.2) is 0 Å². The second-order valence-corrected chi connectivity index (χ2v) is 5.87. The summed E-state index contributed by atoms with van der Waals surface area (Å²) in [5.74, 6) is 1.75. The van der Waals surface area contributed by atoms with E-state index in [1.165, 1.54) is 45.3 Å². The van der Waals surface area contributed by atoms with Gasteiger partial charge in [-0.05, 0) is 64.2 Å². The molecule has 1 N–H and O–H groups in total. The number of likely N-dealkylation sites (N-methyl/N-ethyl adjacent to an activating group) is 1. The molecule has 0 aromatic rings. The number of rotatable bonds is 5. The number of hydrogen-bond acceptors (Lipinski definition) is 3. The maximum absolute atomic E-state index is 5.45. The van der Waals surface area contributed by atoms with E-state index in [2.05, 4.69) is 24.2 Å². The van der Waals surface area contributed by atoms with Crippen LogP contribution in [0.2, 0.25) is 0 Å². The van der Waals surface area contributed by atoms with Crippen LogP contribution in [0.5, 0.6) is 0 Å². The first-order valence-corrected chi connectivity index (χ1v) is 7.26. The summed E-state index contributed by atoms with van der Waals surface area (Å²) in [4.78, 5) is 2.50. The van der Waals surface area contributed by atoms with E-state index in [0.717, 1.165) is 25.0 Å². The van der Waals surface area contributed by atoms with Crippen molar-refractivity contribution in [1.82, 2.24) is 10.2 Å². The molecule has 2 rings (SSSR count). The van der Waals surface area contributed by atoms with Crippen LogP contribution < -0.4 is 5.32 Å². The van der Waals surface area contributed by atoms with Crippen molar-refractivity contribution in [1.29, 1.82) is 0 Å². The van der Waals surface area contributed by atoms with Crippen molar-refractivity contribution < 1.29 is 4.74 Å². The van der Waals surface area contributed by atoms with Crippen molar-refractivity contribution in [3.63, 3.8) is 0 Å². The molecule has 0 aliphatic carbocycles. The first kappa shape index (κ1) is 13.3. The third kappa shape index (κ3) is 3.94. The van der Waals surface area contributed by atoms with E-state index in [4.69, 9.17) is 4.74 Å². The molecule has 2 fully saturated rings. The number of piperidine rings is 1. The van der Waals surface area contributed by atoms with Crippen LogP contribution in [0.3, 0.4) is 0 Å². The molecule has 3 unspecified atom stereocenters. The molecule has 17 heavy (non-hydrogen) atoms. The Labute approximate surface area is 106 Å². The van der Waals surface area contributed by atoms with Gasteiger partial charge in [-0.3, -0.25) is 0 Å². The maximum Gasteiger partial charge on any atom is 0.0622 e. The standard InChI is InChI=1S/C14H28N2O/c1-12(13-4-3-7-15-10-13)5-8-16(2)14-6-9-17-11-14/h12-15H,3-11H2,1-2H3. The van der Waals surface area contributed by atoms with E-state index < -0.39 is 0 Å². The Kier molecular flexibility index (Phi) is 5.26. The second-order valence-electron chi connectivity index (χ2n) is 5.87. The van der Waals surface area contributed by atoms with E-state index in [1.807, 2.05) is 0 Å². The summed E-state index contributed by atoms with van der Waals surface area (Å²) in [6, 6.07) is 0.673. The van der Waals surface area contributed by atoms with Gasteiger partial charge < -0.3 is 15.0 Å². The highest BCUT2D eigenvalue weighted by Crippen LogP contribution is 2.23. The number of ether oxygens (including phenoxy) is 1. The van der Waals surface area contributed by atoms with Crippen molar-refractivity contribution in [3.8, 4) is 0 Å². The van der Waals surface area contributed by atoms with E-state index in [-0.39, 0.29) is 0 Å². The second kappa shape index (κ2) is 6.72. The third-order valence-corrected chi connectivity index (χ3v) is 4.61. The summed E-state index contributed by atoms with van der Waals surface area (Å²) in [6.07, 6.45) is 5.33. The Bertz CT molecular complexity index is 210. The number of nitrogens with zero attached hydrogens (tertiary/aromatic N) is 1. The lowest BCUT2D eigenvalue weighted by Gasteiger charge is -2.30. The molecule has 2 aliphatic rings. The minimum atomic E-state index is 0.673. The fourth-order valence-corrected chi connectivity index (χ4v) is 3.06. The lowest BCUT2D eigenvalue weighted by molar-refractivity contribution is 0.150. The zero-order valence-electron chi connectivity index (χ0n) is 11.5. The first-order valence-electron chi connectivity index (χ1n) is 7.26. The van der Waals surface area contributed by atoms with Crippen molar-refractivity contribution in [2.24, 2.45) is 11.8 Å². The molecule has 0 aromatic heterocycles. The van der Waals surface area contributed by atoms with Crippen molar-refractivity contribution in [2.45, 2.75) is 38.6 Å². The van der Waals surface area contributed by atoms with Crippen LogP contribution in [0.15, 0.2) is 0 Å². The molecule has 0 saturated carbocycles. The fourth-order valence-electron chi connectivity index (χ4n) is 3.06. The molecule has 0 bridgehead atoms. The molecule has 2 aliphatic heterocycles. The third-order valence-electron chi connectivity index (χ3n) is 4.61. The lowest BCUT2D eigenvalue weighted by atomic mass is 9.85. The van der Waals surface area contributed by atoms with Gasteiger partial charge in [-0.15, -0.1) is 0 Å². The van der Waals surface area contributed by atoms with Gasteiger partial charge in [0, 0.05) is 12.6 Å².